The number of rotatable bonds is 4. The van der Waals surface area contributed by atoms with E-state index in [1.54, 1.807) is 0 Å². The Labute approximate surface area is 92.8 Å². The number of halogens is 2. The summed E-state index contributed by atoms with van der Waals surface area (Å²) < 4.78 is 29.7. The van der Waals surface area contributed by atoms with Crippen molar-refractivity contribution in [2.24, 2.45) is 0 Å². The zero-order valence-electron chi connectivity index (χ0n) is 8.39. The van der Waals surface area contributed by atoms with E-state index in [4.69, 9.17) is 5.11 Å². The van der Waals surface area contributed by atoms with Crippen molar-refractivity contribution in [3.63, 3.8) is 0 Å². The normalized spacial score (nSPS) is 10.4. The van der Waals surface area contributed by atoms with Crippen molar-refractivity contribution in [3.05, 3.63) is 27.3 Å². The number of methoxy groups -OCH3 is 1. The van der Waals surface area contributed by atoms with Gasteiger partial charge in [-0.3, -0.25) is 0 Å². The monoisotopic (exact) mass is 248 g/mol. The molecule has 1 aromatic rings. The van der Waals surface area contributed by atoms with Crippen LogP contribution in [0.5, 0.6) is 5.88 Å². The molecule has 0 unspecified atom stereocenters. The summed E-state index contributed by atoms with van der Waals surface area (Å²) in [5.41, 5.74) is -2.14. The second-order valence-electron chi connectivity index (χ2n) is 2.81. The minimum absolute atomic E-state index is 0.418. The van der Waals surface area contributed by atoms with Crippen LogP contribution in [0.4, 0.5) is 14.6 Å². The first-order valence-electron chi connectivity index (χ1n) is 4.13. The van der Waals surface area contributed by atoms with E-state index in [-0.39, 0.29) is 0 Å². The van der Waals surface area contributed by atoms with Gasteiger partial charge in [0.25, 0.3) is 6.43 Å². The molecule has 0 radical (unpaired) electrons. The first-order valence-corrected chi connectivity index (χ1v) is 4.13. The number of aromatic carboxylic acids is 1. The lowest BCUT2D eigenvalue weighted by atomic mass is 10.1. The number of nitro groups is 1. The van der Waals surface area contributed by atoms with Gasteiger partial charge in [0.05, 0.1) is 12.7 Å². The van der Waals surface area contributed by atoms with Crippen LogP contribution in [0, 0.1) is 10.1 Å². The lowest BCUT2D eigenvalue weighted by Crippen LogP contribution is -2.09. The van der Waals surface area contributed by atoms with E-state index in [1.807, 2.05) is 0 Å². The summed E-state index contributed by atoms with van der Waals surface area (Å²) >= 11 is 0. The summed E-state index contributed by atoms with van der Waals surface area (Å²) in [4.78, 5) is 23.3. The molecule has 0 fully saturated rings. The van der Waals surface area contributed by atoms with Crippen LogP contribution in [0.25, 0.3) is 0 Å². The second kappa shape index (κ2) is 4.68. The van der Waals surface area contributed by atoms with Crippen LogP contribution in [0.2, 0.25) is 0 Å². The Morgan fingerprint density at radius 2 is 2.24 bits per heavy atom. The van der Waals surface area contributed by atoms with E-state index in [1.165, 1.54) is 0 Å². The molecule has 7 nitrogen and oxygen atoms in total. The topological polar surface area (TPSA) is 103 Å². The molecule has 1 heterocycles. The fraction of sp³-hybridized carbons (Fsp3) is 0.250. The van der Waals surface area contributed by atoms with Crippen LogP contribution in [0.1, 0.15) is 22.3 Å². The van der Waals surface area contributed by atoms with Gasteiger partial charge in [-0.05, 0) is 4.92 Å². The van der Waals surface area contributed by atoms with E-state index in [2.05, 4.69) is 9.72 Å². The quantitative estimate of drug-likeness (QED) is 0.641. The Hall–Kier alpha value is -2.32. The van der Waals surface area contributed by atoms with Crippen molar-refractivity contribution in [3.8, 4) is 5.88 Å². The molecular formula is C8H6F2N2O5. The maximum Gasteiger partial charge on any atom is 0.377 e. The van der Waals surface area contributed by atoms with Crippen molar-refractivity contribution in [2.75, 3.05) is 7.11 Å². The minimum Gasteiger partial charge on any atom is -0.478 e. The van der Waals surface area contributed by atoms with Gasteiger partial charge in [-0.15, -0.1) is 0 Å². The number of alkyl halides is 2. The first kappa shape index (κ1) is 12.7. The zero-order valence-corrected chi connectivity index (χ0v) is 8.39. The second-order valence-corrected chi connectivity index (χ2v) is 2.81. The minimum atomic E-state index is -3.32. The van der Waals surface area contributed by atoms with Gasteiger partial charge in [-0.25, -0.2) is 13.6 Å². The summed E-state index contributed by atoms with van der Waals surface area (Å²) in [5, 5.41) is 19.2. The number of nitrogens with zero attached hydrogens (tertiary/aromatic N) is 2. The number of hydrogen-bond donors (Lipinski definition) is 1. The van der Waals surface area contributed by atoms with Gasteiger partial charge in [-0.1, -0.05) is 0 Å². The standard InChI is InChI=1S/C8H6F2N2O5/c1-17-4-2-3(8(13)14)5(6(9)10)7(11-4)12(15)16/h2,6H,1H3,(H,13,14). The smallest absolute Gasteiger partial charge is 0.377 e. The van der Waals surface area contributed by atoms with E-state index in [0.29, 0.717) is 6.07 Å². The van der Waals surface area contributed by atoms with Crippen molar-refractivity contribution >= 4 is 11.8 Å². The highest BCUT2D eigenvalue weighted by atomic mass is 19.3. The third-order valence-electron chi connectivity index (χ3n) is 1.85. The predicted octanol–water partition coefficient (Wildman–Crippen LogP) is 1.63. The summed E-state index contributed by atoms with van der Waals surface area (Å²) in [7, 11) is 1.08. The van der Waals surface area contributed by atoms with Gasteiger partial charge in [-0.2, -0.15) is 0 Å². The number of carboxylic acid groups (broad SMARTS) is 1. The van der Waals surface area contributed by atoms with E-state index in [9.17, 15) is 23.7 Å². The van der Waals surface area contributed by atoms with Crippen molar-refractivity contribution < 1.29 is 28.3 Å². The van der Waals surface area contributed by atoms with Crippen LogP contribution in [0.15, 0.2) is 6.07 Å². The van der Waals surface area contributed by atoms with Gasteiger partial charge in [0.1, 0.15) is 5.56 Å². The first-order chi connectivity index (χ1) is 7.88. The number of ether oxygens (including phenoxy) is 1. The molecule has 0 aliphatic rings. The highest BCUT2D eigenvalue weighted by Gasteiger charge is 2.32. The molecule has 0 saturated carbocycles. The Bertz CT molecular complexity index is 442. The average Bonchev–Trinajstić information content (AvgIpc) is 2.26. The van der Waals surface area contributed by atoms with Gasteiger partial charge in [0.15, 0.2) is 0 Å². The maximum atomic E-state index is 12.6. The largest absolute Gasteiger partial charge is 0.478 e. The summed E-state index contributed by atoms with van der Waals surface area (Å²) in [6, 6.07) is 0.705. The predicted molar refractivity (Wildman–Crippen MR) is 49.4 cm³/mol. The molecule has 1 aromatic heterocycles. The molecule has 0 atom stereocenters. The Morgan fingerprint density at radius 1 is 1.65 bits per heavy atom. The van der Waals surface area contributed by atoms with Gasteiger partial charge < -0.3 is 20.0 Å². The summed E-state index contributed by atoms with van der Waals surface area (Å²) in [5.74, 6) is -3.36. The van der Waals surface area contributed by atoms with Crippen LogP contribution in [-0.2, 0) is 0 Å². The van der Waals surface area contributed by atoms with Crippen LogP contribution >= 0.6 is 0 Å². The Morgan fingerprint density at radius 3 is 2.59 bits per heavy atom. The molecule has 0 spiro atoms. The molecular weight excluding hydrogens is 242 g/mol. The van der Waals surface area contributed by atoms with Crippen molar-refractivity contribution in [1.82, 2.24) is 4.98 Å². The average molecular weight is 248 g/mol. The van der Waals surface area contributed by atoms with E-state index in [0.717, 1.165) is 7.11 Å². The molecule has 0 aromatic carbocycles. The molecule has 92 valence electrons. The molecule has 0 amide bonds. The Kier molecular flexibility index (Phi) is 3.51. The van der Waals surface area contributed by atoms with Gasteiger partial charge in [0.2, 0.25) is 0 Å². The number of hydrogen-bond acceptors (Lipinski definition) is 5. The lowest BCUT2D eigenvalue weighted by molar-refractivity contribution is -0.391. The van der Waals surface area contributed by atoms with Gasteiger partial charge in [0, 0.05) is 11.1 Å². The third-order valence-corrected chi connectivity index (χ3v) is 1.85. The number of pyridine rings is 1. The molecule has 0 bridgehead atoms. The van der Waals surface area contributed by atoms with Crippen LogP contribution in [-0.4, -0.2) is 28.1 Å². The number of aromatic nitrogens is 1. The Balaban J connectivity index is 3.61. The molecule has 1 rings (SSSR count). The van der Waals surface area contributed by atoms with E-state index >= 15 is 0 Å². The highest BCUT2D eigenvalue weighted by molar-refractivity contribution is 5.91. The fourth-order valence-corrected chi connectivity index (χ4v) is 1.15. The zero-order chi connectivity index (χ0) is 13.2. The van der Waals surface area contributed by atoms with Crippen molar-refractivity contribution in [1.29, 1.82) is 0 Å². The lowest BCUT2D eigenvalue weighted by Gasteiger charge is -2.06. The molecule has 0 aliphatic heterocycles. The molecule has 0 saturated heterocycles. The van der Waals surface area contributed by atoms with Gasteiger partial charge >= 0.3 is 17.7 Å². The molecule has 0 aliphatic carbocycles. The molecule has 17 heavy (non-hydrogen) atoms. The summed E-state index contributed by atoms with van der Waals surface area (Å²) in [6.45, 7) is 0. The van der Waals surface area contributed by atoms with Crippen LogP contribution < -0.4 is 4.74 Å². The third kappa shape index (κ3) is 2.44. The van der Waals surface area contributed by atoms with E-state index < -0.39 is 40.1 Å². The highest BCUT2D eigenvalue weighted by Crippen LogP contribution is 2.32. The fourth-order valence-electron chi connectivity index (χ4n) is 1.15. The van der Waals surface area contributed by atoms with Crippen molar-refractivity contribution in [2.45, 2.75) is 6.43 Å². The molecule has 9 heteroatoms. The SMILES string of the molecule is COc1cc(C(=O)O)c(C(F)F)c([N+](=O)[O-])n1. The summed E-state index contributed by atoms with van der Waals surface area (Å²) in [6.07, 6.45) is -3.32. The number of carbonyl (C=O) groups is 1. The molecule has 1 N–H and O–H groups in total. The van der Waals surface area contributed by atoms with Crippen LogP contribution in [0.3, 0.4) is 0 Å². The number of carboxylic acids is 1. The maximum absolute atomic E-state index is 12.6.